The number of nitrogen functional groups attached to an aromatic ring is 1. The van der Waals surface area contributed by atoms with Crippen molar-refractivity contribution in [3.8, 4) is 0 Å². The highest BCUT2D eigenvalue weighted by Crippen LogP contribution is 2.15. The highest BCUT2D eigenvalue weighted by atomic mass is 35.5. The van der Waals surface area contributed by atoms with Crippen molar-refractivity contribution >= 4 is 17.4 Å². The monoisotopic (exact) mass is 212 g/mol. The number of anilines is 1. The first-order valence-electron chi connectivity index (χ1n) is 3.99. The van der Waals surface area contributed by atoms with Crippen molar-refractivity contribution in [2.45, 2.75) is 6.54 Å². The molecule has 0 aliphatic rings. The highest BCUT2D eigenvalue weighted by molar-refractivity contribution is 6.32. The minimum atomic E-state index is 0.329. The third-order valence-corrected chi connectivity index (χ3v) is 2.01. The molecule has 0 spiro atoms. The number of aromatic nitrogens is 5. The van der Waals surface area contributed by atoms with Crippen LogP contribution in [-0.2, 0) is 13.6 Å². The van der Waals surface area contributed by atoms with E-state index in [1.807, 2.05) is 6.20 Å². The van der Waals surface area contributed by atoms with E-state index in [0.29, 0.717) is 17.4 Å². The lowest BCUT2D eigenvalue weighted by Crippen LogP contribution is -2.01. The van der Waals surface area contributed by atoms with Crippen LogP contribution >= 0.6 is 11.6 Å². The van der Waals surface area contributed by atoms with Crippen molar-refractivity contribution in [1.29, 1.82) is 0 Å². The largest absolute Gasteiger partial charge is 0.381 e. The normalized spacial score (nSPS) is 10.7. The van der Waals surface area contributed by atoms with Gasteiger partial charge in [0.2, 0.25) is 0 Å². The average molecular weight is 213 g/mol. The molecule has 6 nitrogen and oxygen atoms in total. The third kappa shape index (κ3) is 1.69. The Labute approximate surface area is 85.3 Å². The van der Waals surface area contributed by atoms with Crippen LogP contribution < -0.4 is 5.73 Å². The molecule has 0 radical (unpaired) electrons. The van der Waals surface area contributed by atoms with Gasteiger partial charge in [-0.1, -0.05) is 16.8 Å². The topological polar surface area (TPSA) is 74.5 Å². The predicted molar refractivity (Wildman–Crippen MR) is 51.8 cm³/mol. The van der Waals surface area contributed by atoms with Crippen LogP contribution in [0, 0.1) is 0 Å². The summed E-state index contributed by atoms with van der Waals surface area (Å²) in [5.74, 6) is 0.329. The fourth-order valence-electron chi connectivity index (χ4n) is 1.13. The van der Waals surface area contributed by atoms with Gasteiger partial charge in [0.05, 0.1) is 6.54 Å². The lowest BCUT2D eigenvalue weighted by Gasteiger charge is -1.94. The lowest BCUT2D eigenvalue weighted by molar-refractivity contribution is 0.670. The molecule has 7 heteroatoms. The molecule has 2 aromatic heterocycles. The van der Waals surface area contributed by atoms with Gasteiger partial charge in [0, 0.05) is 19.4 Å². The molecular formula is C7H9ClN6. The standard InChI is InChI=1S/C7H9ClN6/c1-13-2-5(10-12-13)3-14-4-6(8)7(9)11-14/h2,4H,3H2,1H3,(H2,9,11). The molecule has 0 amide bonds. The van der Waals surface area contributed by atoms with Crippen LogP contribution in [-0.4, -0.2) is 24.8 Å². The van der Waals surface area contributed by atoms with Crippen molar-refractivity contribution in [3.05, 3.63) is 23.1 Å². The Morgan fingerprint density at radius 1 is 1.50 bits per heavy atom. The Bertz CT molecular complexity index is 425. The van der Waals surface area contributed by atoms with Gasteiger partial charge in [-0.3, -0.25) is 9.36 Å². The van der Waals surface area contributed by atoms with E-state index in [0.717, 1.165) is 5.69 Å². The summed E-state index contributed by atoms with van der Waals surface area (Å²) in [6.07, 6.45) is 3.47. The van der Waals surface area contributed by atoms with E-state index in [2.05, 4.69) is 15.4 Å². The first kappa shape index (κ1) is 9.01. The molecule has 2 N–H and O–H groups in total. The number of hydrogen-bond donors (Lipinski definition) is 1. The molecule has 14 heavy (non-hydrogen) atoms. The molecular weight excluding hydrogens is 204 g/mol. The predicted octanol–water partition coefficient (Wildman–Crippen LogP) is 0.295. The van der Waals surface area contributed by atoms with Crippen molar-refractivity contribution in [2.75, 3.05) is 5.73 Å². The van der Waals surface area contributed by atoms with Crippen molar-refractivity contribution < 1.29 is 0 Å². The Kier molecular flexibility index (Phi) is 2.12. The van der Waals surface area contributed by atoms with Gasteiger partial charge in [-0.2, -0.15) is 5.10 Å². The minimum Gasteiger partial charge on any atom is -0.381 e. The summed E-state index contributed by atoms with van der Waals surface area (Å²) in [6.45, 7) is 0.519. The fraction of sp³-hybridized carbons (Fsp3) is 0.286. The van der Waals surface area contributed by atoms with E-state index < -0.39 is 0 Å². The fourth-order valence-corrected chi connectivity index (χ4v) is 1.28. The molecule has 0 aliphatic carbocycles. The lowest BCUT2D eigenvalue weighted by atomic mass is 10.5. The molecule has 2 aromatic rings. The Morgan fingerprint density at radius 2 is 2.29 bits per heavy atom. The number of rotatable bonds is 2. The molecule has 0 atom stereocenters. The Balaban J connectivity index is 2.18. The van der Waals surface area contributed by atoms with Gasteiger partial charge >= 0.3 is 0 Å². The van der Waals surface area contributed by atoms with Crippen LogP contribution in [0.15, 0.2) is 12.4 Å². The molecule has 0 unspecified atom stereocenters. The van der Waals surface area contributed by atoms with Gasteiger partial charge in [-0.15, -0.1) is 5.10 Å². The molecule has 0 aliphatic heterocycles. The van der Waals surface area contributed by atoms with Crippen LogP contribution in [0.25, 0.3) is 0 Å². The minimum absolute atomic E-state index is 0.329. The van der Waals surface area contributed by atoms with E-state index in [4.69, 9.17) is 17.3 Å². The van der Waals surface area contributed by atoms with Gasteiger partial charge in [-0.05, 0) is 0 Å². The van der Waals surface area contributed by atoms with E-state index in [1.54, 1.807) is 22.6 Å². The molecule has 0 saturated heterocycles. The quantitative estimate of drug-likeness (QED) is 0.777. The van der Waals surface area contributed by atoms with E-state index in [1.165, 1.54) is 0 Å². The average Bonchev–Trinajstić information content (AvgIpc) is 2.62. The van der Waals surface area contributed by atoms with Crippen LogP contribution in [0.2, 0.25) is 5.02 Å². The van der Waals surface area contributed by atoms with E-state index >= 15 is 0 Å². The van der Waals surface area contributed by atoms with Gasteiger partial charge in [0.15, 0.2) is 5.82 Å². The summed E-state index contributed by atoms with van der Waals surface area (Å²) in [6, 6.07) is 0. The summed E-state index contributed by atoms with van der Waals surface area (Å²) in [5, 5.41) is 12.2. The third-order valence-electron chi connectivity index (χ3n) is 1.72. The number of halogens is 1. The maximum absolute atomic E-state index is 5.75. The number of nitrogens with zero attached hydrogens (tertiary/aromatic N) is 5. The molecule has 2 rings (SSSR count). The van der Waals surface area contributed by atoms with E-state index in [9.17, 15) is 0 Å². The summed E-state index contributed by atoms with van der Waals surface area (Å²) in [7, 11) is 1.81. The zero-order valence-electron chi connectivity index (χ0n) is 7.55. The van der Waals surface area contributed by atoms with Gasteiger partial charge in [0.25, 0.3) is 0 Å². The van der Waals surface area contributed by atoms with Crippen LogP contribution in [0.3, 0.4) is 0 Å². The van der Waals surface area contributed by atoms with Crippen molar-refractivity contribution in [1.82, 2.24) is 24.8 Å². The molecule has 0 saturated carbocycles. The maximum atomic E-state index is 5.75. The maximum Gasteiger partial charge on any atom is 0.164 e. The molecule has 0 fully saturated rings. The molecule has 74 valence electrons. The number of aryl methyl sites for hydroxylation is 1. The van der Waals surface area contributed by atoms with Gasteiger partial charge < -0.3 is 5.73 Å². The van der Waals surface area contributed by atoms with Crippen LogP contribution in [0.5, 0.6) is 0 Å². The molecule has 0 bridgehead atoms. The molecule has 2 heterocycles. The SMILES string of the molecule is Cn1cc(Cn2cc(Cl)c(N)n2)nn1. The zero-order valence-corrected chi connectivity index (χ0v) is 8.31. The molecule has 0 aromatic carbocycles. The Morgan fingerprint density at radius 3 is 2.79 bits per heavy atom. The van der Waals surface area contributed by atoms with Crippen molar-refractivity contribution in [3.63, 3.8) is 0 Å². The summed E-state index contributed by atoms with van der Waals surface area (Å²) in [5.41, 5.74) is 6.31. The van der Waals surface area contributed by atoms with Crippen LogP contribution in [0.4, 0.5) is 5.82 Å². The van der Waals surface area contributed by atoms with Crippen LogP contribution in [0.1, 0.15) is 5.69 Å². The number of hydrogen-bond acceptors (Lipinski definition) is 4. The second-order valence-corrected chi connectivity index (χ2v) is 3.35. The second kappa shape index (κ2) is 3.30. The zero-order chi connectivity index (χ0) is 10.1. The number of nitrogens with two attached hydrogens (primary N) is 1. The summed E-state index contributed by atoms with van der Waals surface area (Å²) in [4.78, 5) is 0. The smallest absolute Gasteiger partial charge is 0.164 e. The first-order chi connectivity index (χ1) is 6.65. The summed E-state index contributed by atoms with van der Waals surface area (Å²) >= 11 is 5.75. The summed E-state index contributed by atoms with van der Waals surface area (Å²) < 4.78 is 3.26. The van der Waals surface area contributed by atoms with Crippen molar-refractivity contribution in [2.24, 2.45) is 7.05 Å². The highest BCUT2D eigenvalue weighted by Gasteiger charge is 2.04. The Hall–Kier alpha value is -1.56. The van der Waals surface area contributed by atoms with E-state index in [-0.39, 0.29) is 0 Å². The second-order valence-electron chi connectivity index (χ2n) is 2.94. The van der Waals surface area contributed by atoms with Gasteiger partial charge in [0.1, 0.15) is 10.7 Å². The first-order valence-corrected chi connectivity index (χ1v) is 4.36. The van der Waals surface area contributed by atoms with Gasteiger partial charge in [-0.25, -0.2) is 0 Å².